The summed E-state index contributed by atoms with van der Waals surface area (Å²) in [7, 11) is 0. The van der Waals surface area contributed by atoms with Gasteiger partial charge in [-0.2, -0.15) is 0 Å². The van der Waals surface area contributed by atoms with Gasteiger partial charge in [0.1, 0.15) is 11.3 Å². The largest absolute Gasteiger partial charge is 0.477 e. The number of hydrogen-bond acceptors (Lipinski definition) is 4. The van der Waals surface area contributed by atoms with E-state index >= 15 is 0 Å². The minimum absolute atomic E-state index is 0.0493. The second kappa shape index (κ2) is 5.04. The van der Waals surface area contributed by atoms with Gasteiger partial charge in [-0.1, -0.05) is 0 Å². The molecule has 0 bridgehead atoms. The van der Waals surface area contributed by atoms with Gasteiger partial charge in [0.2, 0.25) is 0 Å². The molecule has 0 saturated heterocycles. The van der Waals surface area contributed by atoms with Crippen LogP contribution >= 0.6 is 0 Å². The summed E-state index contributed by atoms with van der Waals surface area (Å²) in [5, 5.41) is 12.2. The number of pyridine rings is 2. The minimum atomic E-state index is -1.06. The average Bonchev–Trinajstić information content (AvgIpc) is 2.91. The Balaban J connectivity index is 1.87. The third-order valence-electron chi connectivity index (χ3n) is 2.88. The fourth-order valence-corrected chi connectivity index (χ4v) is 1.90. The first-order valence-corrected chi connectivity index (χ1v) is 6.07. The number of nitrogens with zero attached hydrogens (tertiary/aromatic N) is 2. The van der Waals surface area contributed by atoms with Crippen molar-refractivity contribution >= 4 is 28.6 Å². The van der Waals surface area contributed by atoms with Crippen LogP contribution in [0, 0.1) is 0 Å². The van der Waals surface area contributed by atoms with Crippen molar-refractivity contribution in [3.8, 4) is 0 Å². The van der Waals surface area contributed by atoms with Crippen LogP contribution in [0.15, 0.2) is 42.9 Å². The Morgan fingerprint density at radius 2 is 2.10 bits per heavy atom. The summed E-state index contributed by atoms with van der Waals surface area (Å²) in [4.78, 5) is 33.5. The summed E-state index contributed by atoms with van der Waals surface area (Å²) in [5.74, 6) is -1.37. The van der Waals surface area contributed by atoms with Crippen LogP contribution in [0.1, 0.15) is 20.8 Å². The molecule has 0 aromatic carbocycles. The minimum Gasteiger partial charge on any atom is -0.477 e. The summed E-state index contributed by atoms with van der Waals surface area (Å²) < 4.78 is 0. The number of carbonyl (C=O) groups is 2. The standard InChI is InChI=1S/C14H10N4O3/c19-13(8-2-1-3-15-6-8)17-10-4-9-5-11(14(20)21)18-12(9)16-7-10/h1-7H,(H,16,18)(H,17,19)(H,20,21). The van der Waals surface area contributed by atoms with Crippen molar-refractivity contribution < 1.29 is 14.7 Å². The first-order chi connectivity index (χ1) is 10.1. The molecule has 0 atom stereocenters. The molecule has 0 saturated carbocycles. The Labute approximate surface area is 118 Å². The van der Waals surface area contributed by atoms with E-state index in [0.717, 1.165) is 0 Å². The number of anilines is 1. The van der Waals surface area contributed by atoms with E-state index in [0.29, 0.717) is 22.3 Å². The molecule has 0 radical (unpaired) electrons. The van der Waals surface area contributed by atoms with Gasteiger partial charge in [-0.3, -0.25) is 9.78 Å². The first kappa shape index (κ1) is 12.8. The zero-order valence-electron chi connectivity index (χ0n) is 10.7. The number of rotatable bonds is 3. The highest BCUT2D eigenvalue weighted by atomic mass is 16.4. The number of hydrogen-bond donors (Lipinski definition) is 3. The maximum atomic E-state index is 12.0. The fraction of sp³-hybridized carbons (Fsp3) is 0. The summed E-state index contributed by atoms with van der Waals surface area (Å²) >= 11 is 0. The Morgan fingerprint density at radius 1 is 1.24 bits per heavy atom. The zero-order chi connectivity index (χ0) is 14.8. The van der Waals surface area contributed by atoms with Gasteiger partial charge < -0.3 is 15.4 Å². The van der Waals surface area contributed by atoms with Crippen molar-refractivity contribution in [2.24, 2.45) is 0 Å². The molecule has 3 aromatic rings. The molecule has 7 nitrogen and oxygen atoms in total. The van der Waals surface area contributed by atoms with Crippen molar-refractivity contribution in [1.82, 2.24) is 15.0 Å². The highest BCUT2D eigenvalue weighted by Crippen LogP contribution is 2.18. The summed E-state index contributed by atoms with van der Waals surface area (Å²) in [5.41, 5.74) is 1.41. The van der Waals surface area contributed by atoms with E-state index in [9.17, 15) is 9.59 Å². The first-order valence-electron chi connectivity index (χ1n) is 6.07. The second-order valence-electron chi connectivity index (χ2n) is 4.35. The van der Waals surface area contributed by atoms with Crippen LogP contribution in [0.5, 0.6) is 0 Å². The highest BCUT2D eigenvalue weighted by molar-refractivity contribution is 6.04. The lowest BCUT2D eigenvalue weighted by Gasteiger charge is -2.04. The molecule has 3 rings (SSSR count). The van der Waals surface area contributed by atoms with E-state index in [-0.39, 0.29) is 11.6 Å². The van der Waals surface area contributed by atoms with Gasteiger partial charge >= 0.3 is 5.97 Å². The third-order valence-corrected chi connectivity index (χ3v) is 2.88. The molecule has 0 aliphatic heterocycles. The van der Waals surface area contributed by atoms with Crippen LogP contribution in [0.2, 0.25) is 0 Å². The summed E-state index contributed by atoms with van der Waals surface area (Å²) in [6.45, 7) is 0. The lowest BCUT2D eigenvalue weighted by molar-refractivity contribution is 0.0691. The number of aromatic amines is 1. The maximum absolute atomic E-state index is 12.0. The van der Waals surface area contributed by atoms with Crippen molar-refractivity contribution in [3.63, 3.8) is 0 Å². The molecular weight excluding hydrogens is 272 g/mol. The van der Waals surface area contributed by atoms with E-state index in [4.69, 9.17) is 5.11 Å². The Bertz CT molecular complexity index is 827. The van der Waals surface area contributed by atoms with Gasteiger partial charge in [-0.15, -0.1) is 0 Å². The van der Waals surface area contributed by atoms with Crippen LogP contribution in [-0.2, 0) is 0 Å². The number of aromatic carboxylic acids is 1. The van der Waals surface area contributed by atoms with Crippen LogP contribution in [0.4, 0.5) is 5.69 Å². The molecule has 0 fully saturated rings. The van der Waals surface area contributed by atoms with Crippen LogP contribution in [0.25, 0.3) is 11.0 Å². The number of H-pyrrole nitrogens is 1. The Morgan fingerprint density at radius 3 is 2.81 bits per heavy atom. The third kappa shape index (κ3) is 2.57. The number of carboxylic acids is 1. The quantitative estimate of drug-likeness (QED) is 0.680. The second-order valence-corrected chi connectivity index (χ2v) is 4.35. The van der Waals surface area contributed by atoms with Gasteiger partial charge in [0.05, 0.1) is 17.4 Å². The lowest BCUT2D eigenvalue weighted by Crippen LogP contribution is -2.12. The van der Waals surface area contributed by atoms with Crippen molar-refractivity contribution in [2.45, 2.75) is 0 Å². The van der Waals surface area contributed by atoms with Crippen molar-refractivity contribution in [3.05, 3.63) is 54.1 Å². The van der Waals surface area contributed by atoms with E-state index < -0.39 is 5.97 Å². The van der Waals surface area contributed by atoms with Crippen LogP contribution in [-0.4, -0.2) is 31.9 Å². The van der Waals surface area contributed by atoms with Gasteiger partial charge in [0, 0.05) is 17.8 Å². The molecule has 0 aliphatic carbocycles. The maximum Gasteiger partial charge on any atom is 0.352 e. The highest BCUT2D eigenvalue weighted by Gasteiger charge is 2.10. The number of aromatic nitrogens is 3. The van der Waals surface area contributed by atoms with E-state index in [1.165, 1.54) is 18.5 Å². The van der Waals surface area contributed by atoms with Crippen molar-refractivity contribution in [2.75, 3.05) is 5.32 Å². The molecule has 0 aliphatic rings. The van der Waals surface area contributed by atoms with Gasteiger partial charge in [-0.25, -0.2) is 9.78 Å². The van der Waals surface area contributed by atoms with Gasteiger partial charge in [0.15, 0.2) is 0 Å². The molecule has 104 valence electrons. The molecule has 21 heavy (non-hydrogen) atoms. The van der Waals surface area contributed by atoms with E-state index in [1.54, 1.807) is 24.4 Å². The topological polar surface area (TPSA) is 108 Å². The zero-order valence-corrected chi connectivity index (χ0v) is 10.7. The normalized spacial score (nSPS) is 10.5. The Hall–Kier alpha value is -3.22. The monoisotopic (exact) mass is 282 g/mol. The SMILES string of the molecule is O=C(Nc1cnc2[nH]c(C(=O)O)cc2c1)c1cccnc1. The Kier molecular flexibility index (Phi) is 3.07. The lowest BCUT2D eigenvalue weighted by atomic mass is 10.2. The molecule has 3 heterocycles. The van der Waals surface area contributed by atoms with Crippen LogP contribution in [0.3, 0.4) is 0 Å². The predicted molar refractivity (Wildman–Crippen MR) is 75.2 cm³/mol. The molecule has 0 unspecified atom stereocenters. The van der Waals surface area contributed by atoms with Crippen molar-refractivity contribution in [1.29, 1.82) is 0 Å². The molecule has 3 aromatic heterocycles. The molecular formula is C14H10N4O3. The van der Waals surface area contributed by atoms with E-state index in [2.05, 4.69) is 20.3 Å². The fourth-order valence-electron chi connectivity index (χ4n) is 1.90. The number of carbonyl (C=O) groups excluding carboxylic acids is 1. The number of nitrogens with one attached hydrogen (secondary N) is 2. The van der Waals surface area contributed by atoms with Crippen LogP contribution < -0.4 is 5.32 Å². The molecule has 1 amide bonds. The smallest absolute Gasteiger partial charge is 0.352 e. The molecule has 7 heteroatoms. The van der Waals surface area contributed by atoms with Gasteiger partial charge in [-0.05, 0) is 24.3 Å². The van der Waals surface area contributed by atoms with E-state index in [1.807, 2.05) is 0 Å². The van der Waals surface area contributed by atoms with Gasteiger partial charge in [0.25, 0.3) is 5.91 Å². The summed E-state index contributed by atoms with van der Waals surface area (Å²) in [6.07, 6.45) is 4.50. The number of carboxylic acid groups (broad SMARTS) is 1. The molecule has 0 spiro atoms. The number of amides is 1. The predicted octanol–water partition coefficient (Wildman–Crippen LogP) is 1.91. The summed E-state index contributed by atoms with van der Waals surface area (Å²) in [6, 6.07) is 6.43. The number of fused-ring (bicyclic) bond motifs is 1. The average molecular weight is 282 g/mol. The molecule has 3 N–H and O–H groups in total.